The second-order valence-corrected chi connectivity index (χ2v) is 5.56. The van der Waals surface area contributed by atoms with Gasteiger partial charge in [-0.1, -0.05) is 12.1 Å². The number of rotatable bonds is 5. The number of carboxylic acids is 1. The van der Waals surface area contributed by atoms with Crippen molar-refractivity contribution in [2.75, 3.05) is 24.4 Å². The van der Waals surface area contributed by atoms with Crippen LogP contribution in [0, 0.1) is 6.92 Å². The molecule has 1 atom stereocenters. The predicted octanol–water partition coefficient (Wildman–Crippen LogP) is 2.91. The Morgan fingerprint density at radius 3 is 2.65 bits per heavy atom. The molecular weight excluding hydrogens is 276 g/mol. The molecule has 0 aliphatic carbocycles. The summed E-state index contributed by atoms with van der Waals surface area (Å²) in [6, 6.07) is 4.68. The Labute approximate surface area is 123 Å². The number of carbonyl (C=O) groups excluding carboxylic acids is 1. The number of nitrogens with zero attached hydrogens (tertiary/aromatic N) is 1. The van der Waals surface area contributed by atoms with Gasteiger partial charge in [0.1, 0.15) is 0 Å². The van der Waals surface area contributed by atoms with E-state index in [0.29, 0.717) is 5.69 Å². The standard InChI is InChI=1S/C14H20N2O3S/c1-9-6-5-7-11(13(17)18)12(9)15-14(19)16(3)10(2)8-20-4/h5-7,10H,8H2,1-4H3,(H,15,19)(H,17,18). The summed E-state index contributed by atoms with van der Waals surface area (Å²) in [7, 11) is 1.70. The van der Waals surface area contributed by atoms with Crippen LogP contribution in [-0.4, -0.2) is 47.1 Å². The Balaban J connectivity index is 2.93. The number of carboxylic acid groups (broad SMARTS) is 1. The third-order valence-corrected chi connectivity index (χ3v) is 3.94. The van der Waals surface area contributed by atoms with E-state index < -0.39 is 5.97 Å². The number of benzene rings is 1. The fraction of sp³-hybridized carbons (Fsp3) is 0.429. The lowest BCUT2D eigenvalue weighted by molar-refractivity contribution is 0.0698. The number of aromatic carboxylic acids is 1. The van der Waals surface area contributed by atoms with Gasteiger partial charge in [-0.15, -0.1) is 0 Å². The molecule has 0 aromatic heterocycles. The number of anilines is 1. The van der Waals surface area contributed by atoms with Gasteiger partial charge >= 0.3 is 12.0 Å². The van der Waals surface area contributed by atoms with Crippen molar-refractivity contribution in [2.24, 2.45) is 0 Å². The number of urea groups is 1. The smallest absolute Gasteiger partial charge is 0.337 e. The molecule has 2 N–H and O–H groups in total. The van der Waals surface area contributed by atoms with Crippen LogP contribution in [0.4, 0.5) is 10.5 Å². The van der Waals surface area contributed by atoms with E-state index in [-0.39, 0.29) is 17.6 Å². The number of aryl methyl sites for hydroxylation is 1. The van der Waals surface area contributed by atoms with Gasteiger partial charge in [-0.05, 0) is 31.7 Å². The number of para-hydroxylation sites is 1. The van der Waals surface area contributed by atoms with Gasteiger partial charge in [-0.25, -0.2) is 9.59 Å². The number of amides is 2. The summed E-state index contributed by atoms with van der Waals surface area (Å²) in [4.78, 5) is 24.9. The number of hydrogen-bond acceptors (Lipinski definition) is 3. The molecule has 0 saturated heterocycles. The maximum atomic E-state index is 12.2. The van der Waals surface area contributed by atoms with Crippen LogP contribution in [0.3, 0.4) is 0 Å². The number of carbonyl (C=O) groups is 2. The molecule has 6 heteroatoms. The second-order valence-electron chi connectivity index (χ2n) is 4.65. The van der Waals surface area contributed by atoms with E-state index in [4.69, 9.17) is 5.11 Å². The maximum absolute atomic E-state index is 12.2. The summed E-state index contributed by atoms with van der Waals surface area (Å²) in [5, 5.41) is 11.9. The molecule has 1 unspecified atom stereocenters. The summed E-state index contributed by atoms with van der Waals surface area (Å²) < 4.78 is 0. The zero-order valence-electron chi connectivity index (χ0n) is 12.1. The minimum absolute atomic E-state index is 0.0716. The van der Waals surface area contributed by atoms with E-state index in [1.54, 1.807) is 42.8 Å². The van der Waals surface area contributed by atoms with Gasteiger partial charge in [0, 0.05) is 18.8 Å². The fourth-order valence-corrected chi connectivity index (χ4v) is 2.47. The highest BCUT2D eigenvalue weighted by atomic mass is 32.2. The van der Waals surface area contributed by atoms with Gasteiger partial charge < -0.3 is 15.3 Å². The van der Waals surface area contributed by atoms with Crippen molar-refractivity contribution < 1.29 is 14.7 Å². The van der Waals surface area contributed by atoms with Gasteiger partial charge in [0.15, 0.2) is 0 Å². The number of thioether (sulfide) groups is 1. The molecule has 1 aromatic carbocycles. The van der Waals surface area contributed by atoms with E-state index in [1.807, 2.05) is 13.2 Å². The van der Waals surface area contributed by atoms with Crippen LogP contribution < -0.4 is 5.32 Å². The molecule has 0 radical (unpaired) electrons. The Hall–Kier alpha value is -1.69. The molecule has 5 nitrogen and oxygen atoms in total. The molecule has 0 bridgehead atoms. The average Bonchev–Trinajstić information content (AvgIpc) is 2.39. The van der Waals surface area contributed by atoms with Gasteiger partial charge in [-0.3, -0.25) is 0 Å². The Kier molecular flexibility index (Phi) is 5.88. The second kappa shape index (κ2) is 7.19. The third kappa shape index (κ3) is 3.90. The Morgan fingerprint density at radius 1 is 1.45 bits per heavy atom. The van der Waals surface area contributed by atoms with E-state index in [9.17, 15) is 9.59 Å². The fourth-order valence-electron chi connectivity index (χ4n) is 1.76. The normalized spacial score (nSPS) is 11.8. The molecule has 0 fully saturated rings. The SMILES string of the molecule is CSCC(C)N(C)C(=O)Nc1c(C)cccc1C(=O)O. The molecule has 20 heavy (non-hydrogen) atoms. The van der Waals surface area contributed by atoms with E-state index in [1.165, 1.54) is 6.07 Å². The first-order valence-electron chi connectivity index (χ1n) is 6.24. The quantitative estimate of drug-likeness (QED) is 0.876. The summed E-state index contributed by atoms with van der Waals surface area (Å²) in [5.74, 6) is -0.229. The first kappa shape index (κ1) is 16.4. The molecule has 0 aliphatic heterocycles. The van der Waals surface area contributed by atoms with E-state index in [0.717, 1.165) is 11.3 Å². The number of nitrogens with one attached hydrogen (secondary N) is 1. The van der Waals surface area contributed by atoms with Crippen LogP contribution in [-0.2, 0) is 0 Å². The zero-order valence-corrected chi connectivity index (χ0v) is 13.0. The van der Waals surface area contributed by atoms with Crippen LogP contribution >= 0.6 is 11.8 Å². The van der Waals surface area contributed by atoms with Crippen molar-refractivity contribution in [1.29, 1.82) is 0 Å². The highest BCUT2D eigenvalue weighted by Crippen LogP contribution is 2.21. The third-order valence-electron chi connectivity index (χ3n) is 3.12. The summed E-state index contributed by atoms with van der Waals surface area (Å²) in [5.41, 5.74) is 1.18. The summed E-state index contributed by atoms with van der Waals surface area (Å²) in [6.45, 7) is 3.72. The van der Waals surface area contributed by atoms with Crippen LogP contribution in [0.5, 0.6) is 0 Å². The minimum atomic E-state index is -1.05. The number of hydrogen-bond donors (Lipinski definition) is 2. The molecule has 0 aliphatic rings. The minimum Gasteiger partial charge on any atom is -0.478 e. The van der Waals surface area contributed by atoms with Crippen LogP contribution in [0.25, 0.3) is 0 Å². The lowest BCUT2D eigenvalue weighted by atomic mass is 10.1. The first-order chi connectivity index (χ1) is 9.38. The van der Waals surface area contributed by atoms with Crippen LogP contribution in [0.15, 0.2) is 18.2 Å². The van der Waals surface area contributed by atoms with Gasteiger partial charge in [0.2, 0.25) is 0 Å². The van der Waals surface area contributed by atoms with Crippen molar-refractivity contribution >= 4 is 29.4 Å². The summed E-state index contributed by atoms with van der Waals surface area (Å²) in [6.07, 6.45) is 1.98. The highest BCUT2D eigenvalue weighted by Gasteiger charge is 2.19. The molecule has 1 rings (SSSR count). The topological polar surface area (TPSA) is 69.6 Å². The molecule has 0 spiro atoms. The average molecular weight is 296 g/mol. The molecule has 0 saturated carbocycles. The molecular formula is C14H20N2O3S. The van der Waals surface area contributed by atoms with Crippen molar-refractivity contribution in [2.45, 2.75) is 19.9 Å². The Morgan fingerprint density at radius 2 is 2.10 bits per heavy atom. The summed E-state index contributed by atoms with van der Waals surface area (Å²) >= 11 is 1.66. The van der Waals surface area contributed by atoms with E-state index >= 15 is 0 Å². The Bertz CT molecular complexity index is 505. The van der Waals surface area contributed by atoms with Gasteiger partial charge in [-0.2, -0.15) is 11.8 Å². The van der Waals surface area contributed by atoms with E-state index in [2.05, 4.69) is 5.32 Å². The maximum Gasteiger partial charge on any atom is 0.337 e. The van der Waals surface area contributed by atoms with Crippen LogP contribution in [0.1, 0.15) is 22.8 Å². The monoisotopic (exact) mass is 296 g/mol. The predicted molar refractivity (Wildman–Crippen MR) is 82.8 cm³/mol. The highest BCUT2D eigenvalue weighted by molar-refractivity contribution is 7.98. The first-order valence-corrected chi connectivity index (χ1v) is 7.63. The molecule has 0 heterocycles. The largest absolute Gasteiger partial charge is 0.478 e. The molecule has 1 aromatic rings. The lowest BCUT2D eigenvalue weighted by Crippen LogP contribution is -2.39. The molecule has 110 valence electrons. The van der Waals surface area contributed by atoms with Gasteiger partial charge in [0.25, 0.3) is 0 Å². The molecule has 2 amide bonds. The van der Waals surface area contributed by atoms with Crippen molar-refractivity contribution in [3.8, 4) is 0 Å². The van der Waals surface area contributed by atoms with Gasteiger partial charge in [0.05, 0.1) is 11.3 Å². The lowest BCUT2D eigenvalue weighted by Gasteiger charge is -2.25. The van der Waals surface area contributed by atoms with Crippen molar-refractivity contribution in [3.63, 3.8) is 0 Å². The van der Waals surface area contributed by atoms with Crippen LogP contribution in [0.2, 0.25) is 0 Å². The van der Waals surface area contributed by atoms with Crippen molar-refractivity contribution in [3.05, 3.63) is 29.3 Å². The zero-order chi connectivity index (χ0) is 15.3. The van der Waals surface area contributed by atoms with Crippen molar-refractivity contribution in [1.82, 2.24) is 4.90 Å².